The number of carboxylic acids is 1. The lowest BCUT2D eigenvalue weighted by Gasteiger charge is -2.13. The van der Waals surface area contributed by atoms with E-state index in [9.17, 15) is 4.79 Å². The molecule has 0 bridgehead atoms. The Morgan fingerprint density at radius 1 is 1.45 bits per heavy atom. The molecule has 0 amide bonds. The largest absolute Gasteiger partial charge is 0.481 e. The van der Waals surface area contributed by atoms with Gasteiger partial charge in [-0.3, -0.25) is 4.79 Å². The first-order valence-corrected chi connectivity index (χ1v) is 7.06. The Balaban J connectivity index is 2.35. The molecule has 1 aromatic carbocycles. The second-order valence-corrected chi connectivity index (χ2v) is 5.00. The number of unbranched alkanes of at least 4 members (excludes halogenated alkanes) is 1. The summed E-state index contributed by atoms with van der Waals surface area (Å²) < 4.78 is 1.95. The van der Waals surface area contributed by atoms with Gasteiger partial charge in [0.2, 0.25) is 0 Å². The Bertz CT molecular complexity index is 592. The fourth-order valence-corrected chi connectivity index (χ4v) is 2.37. The topological polar surface area (TPSA) is 81.1 Å². The number of hydrogen-bond acceptors (Lipinski definition) is 3. The van der Waals surface area contributed by atoms with Gasteiger partial charge in [-0.1, -0.05) is 31.9 Å². The fraction of sp³-hybridized carbons (Fsp3) is 0.467. The highest BCUT2D eigenvalue weighted by Crippen LogP contribution is 2.23. The minimum Gasteiger partial charge on any atom is -0.481 e. The molecule has 3 N–H and O–H groups in total. The highest BCUT2D eigenvalue weighted by Gasteiger charge is 2.17. The molecule has 2 aromatic rings. The average molecular weight is 275 g/mol. The molecule has 0 radical (unpaired) electrons. The number of para-hydroxylation sites is 2. The molecule has 108 valence electrons. The highest BCUT2D eigenvalue weighted by molar-refractivity contribution is 5.76. The van der Waals surface area contributed by atoms with Crippen LogP contribution in [0.3, 0.4) is 0 Å². The first-order chi connectivity index (χ1) is 9.63. The van der Waals surface area contributed by atoms with Gasteiger partial charge in [0.05, 0.1) is 23.5 Å². The molecule has 1 heterocycles. The number of aliphatic carboxylic acids is 1. The monoisotopic (exact) mass is 275 g/mol. The summed E-state index contributed by atoms with van der Waals surface area (Å²) in [7, 11) is 0. The van der Waals surface area contributed by atoms with Crippen LogP contribution in [0, 0.1) is 0 Å². The van der Waals surface area contributed by atoms with Gasteiger partial charge in [0, 0.05) is 6.54 Å². The normalized spacial score (nSPS) is 12.7. The Kier molecular flexibility index (Phi) is 4.74. The second kappa shape index (κ2) is 6.52. The van der Waals surface area contributed by atoms with Crippen molar-refractivity contribution in [1.29, 1.82) is 0 Å². The lowest BCUT2D eigenvalue weighted by atomic mass is 10.1. The van der Waals surface area contributed by atoms with E-state index in [0.29, 0.717) is 6.54 Å². The van der Waals surface area contributed by atoms with E-state index in [1.807, 2.05) is 28.8 Å². The number of benzene rings is 1. The Hall–Kier alpha value is -1.88. The third-order valence-corrected chi connectivity index (χ3v) is 3.43. The number of fused-ring (bicyclic) bond motifs is 1. The summed E-state index contributed by atoms with van der Waals surface area (Å²) in [4.78, 5) is 15.4. The lowest BCUT2D eigenvalue weighted by molar-refractivity contribution is -0.137. The number of carboxylic acid groups (broad SMARTS) is 1. The van der Waals surface area contributed by atoms with E-state index < -0.39 is 5.97 Å². The van der Waals surface area contributed by atoms with Gasteiger partial charge in [0.1, 0.15) is 5.82 Å². The Labute approximate surface area is 118 Å². The summed E-state index contributed by atoms with van der Waals surface area (Å²) in [5.74, 6) is -0.0169. The molecule has 0 aliphatic rings. The maximum Gasteiger partial charge on any atom is 0.305 e. The smallest absolute Gasteiger partial charge is 0.305 e. The van der Waals surface area contributed by atoms with Gasteiger partial charge in [-0.25, -0.2) is 4.98 Å². The summed E-state index contributed by atoms with van der Waals surface area (Å²) in [6.07, 6.45) is 3.08. The van der Waals surface area contributed by atoms with Gasteiger partial charge in [0.15, 0.2) is 0 Å². The van der Waals surface area contributed by atoms with Gasteiger partial charge >= 0.3 is 5.97 Å². The van der Waals surface area contributed by atoms with Crippen molar-refractivity contribution in [2.45, 2.75) is 45.2 Å². The van der Waals surface area contributed by atoms with Crippen molar-refractivity contribution in [2.75, 3.05) is 0 Å². The van der Waals surface area contributed by atoms with Crippen molar-refractivity contribution in [3.05, 3.63) is 30.1 Å². The molecule has 0 spiro atoms. The average Bonchev–Trinajstić information content (AvgIpc) is 2.81. The lowest BCUT2D eigenvalue weighted by Crippen LogP contribution is -2.18. The van der Waals surface area contributed by atoms with E-state index in [2.05, 4.69) is 11.9 Å². The summed E-state index contributed by atoms with van der Waals surface area (Å²) in [5.41, 5.74) is 8.05. The number of nitrogens with zero attached hydrogens (tertiary/aromatic N) is 2. The van der Waals surface area contributed by atoms with Crippen molar-refractivity contribution in [3.63, 3.8) is 0 Å². The zero-order valence-corrected chi connectivity index (χ0v) is 11.7. The van der Waals surface area contributed by atoms with E-state index in [1.54, 1.807) is 0 Å². The van der Waals surface area contributed by atoms with E-state index in [1.165, 1.54) is 0 Å². The van der Waals surface area contributed by atoms with Crippen LogP contribution in [-0.2, 0) is 11.3 Å². The Morgan fingerprint density at radius 2 is 2.20 bits per heavy atom. The number of hydrogen-bond donors (Lipinski definition) is 2. The predicted molar refractivity (Wildman–Crippen MR) is 78.4 cm³/mol. The first-order valence-electron chi connectivity index (χ1n) is 7.06. The van der Waals surface area contributed by atoms with Crippen LogP contribution in [0.4, 0.5) is 0 Å². The molecular weight excluding hydrogens is 254 g/mol. The first kappa shape index (κ1) is 14.5. The van der Waals surface area contributed by atoms with Crippen molar-refractivity contribution in [1.82, 2.24) is 9.55 Å². The van der Waals surface area contributed by atoms with Gasteiger partial charge in [-0.05, 0) is 18.6 Å². The molecule has 5 heteroatoms. The minimum atomic E-state index is -0.809. The molecule has 1 unspecified atom stereocenters. The molecule has 0 fully saturated rings. The molecule has 2 rings (SSSR count). The van der Waals surface area contributed by atoms with Crippen LogP contribution in [0.15, 0.2) is 24.3 Å². The maximum atomic E-state index is 10.8. The Morgan fingerprint density at radius 3 is 2.90 bits per heavy atom. The zero-order chi connectivity index (χ0) is 14.5. The number of aromatic nitrogens is 2. The molecule has 1 atom stereocenters. The van der Waals surface area contributed by atoms with Gasteiger partial charge in [-0.2, -0.15) is 0 Å². The van der Waals surface area contributed by atoms with E-state index in [4.69, 9.17) is 10.8 Å². The predicted octanol–water partition coefficient (Wildman–Crippen LogP) is 2.70. The SMILES string of the molecule is CCCCC(N)c1nc2ccccc2n1CCC(=O)O. The standard InChI is InChI=1S/C15H21N3O2/c1-2-3-6-11(16)15-17-12-7-4-5-8-13(12)18(15)10-9-14(19)20/h4-5,7-8,11H,2-3,6,9-10,16H2,1H3,(H,19,20). The van der Waals surface area contributed by atoms with Crippen molar-refractivity contribution in [3.8, 4) is 0 Å². The minimum absolute atomic E-state index is 0.0772. The van der Waals surface area contributed by atoms with Crippen LogP contribution in [0.25, 0.3) is 11.0 Å². The third-order valence-electron chi connectivity index (χ3n) is 3.43. The number of imidazole rings is 1. The zero-order valence-electron chi connectivity index (χ0n) is 11.7. The maximum absolute atomic E-state index is 10.8. The van der Waals surface area contributed by atoms with Crippen LogP contribution < -0.4 is 5.73 Å². The molecule has 5 nitrogen and oxygen atoms in total. The van der Waals surface area contributed by atoms with Crippen molar-refractivity contribution < 1.29 is 9.90 Å². The van der Waals surface area contributed by atoms with Crippen molar-refractivity contribution in [2.24, 2.45) is 5.73 Å². The van der Waals surface area contributed by atoms with Gasteiger partial charge in [-0.15, -0.1) is 0 Å². The molecule has 0 aliphatic heterocycles. The number of aryl methyl sites for hydroxylation is 1. The molecule has 0 aliphatic carbocycles. The van der Waals surface area contributed by atoms with E-state index >= 15 is 0 Å². The van der Waals surface area contributed by atoms with Crippen LogP contribution in [-0.4, -0.2) is 20.6 Å². The molecule has 20 heavy (non-hydrogen) atoms. The summed E-state index contributed by atoms with van der Waals surface area (Å²) in [6, 6.07) is 7.61. The van der Waals surface area contributed by atoms with Gasteiger partial charge < -0.3 is 15.4 Å². The number of nitrogens with two attached hydrogens (primary N) is 1. The highest BCUT2D eigenvalue weighted by atomic mass is 16.4. The van der Waals surface area contributed by atoms with Crippen LogP contribution >= 0.6 is 0 Å². The quantitative estimate of drug-likeness (QED) is 0.814. The molecular formula is C15H21N3O2. The van der Waals surface area contributed by atoms with Gasteiger partial charge in [0.25, 0.3) is 0 Å². The third kappa shape index (κ3) is 3.17. The molecule has 0 saturated heterocycles. The van der Waals surface area contributed by atoms with Crippen molar-refractivity contribution >= 4 is 17.0 Å². The summed E-state index contributed by atoms with van der Waals surface area (Å²) in [6.45, 7) is 2.53. The second-order valence-electron chi connectivity index (χ2n) is 5.00. The summed E-state index contributed by atoms with van der Waals surface area (Å²) >= 11 is 0. The molecule has 1 aromatic heterocycles. The van der Waals surface area contributed by atoms with Crippen LogP contribution in [0.2, 0.25) is 0 Å². The number of rotatable bonds is 7. The number of carbonyl (C=O) groups is 1. The van der Waals surface area contributed by atoms with E-state index in [0.717, 1.165) is 36.1 Å². The fourth-order valence-electron chi connectivity index (χ4n) is 2.37. The van der Waals surface area contributed by atoms with Crippen LogP contribution in [0.1, 0.15) is 44.5 Å². The summed E-state index contributed by atoms with van der Waals surface area (Å²) in [5, 5.41) is 8.89. The van der Waals surface area contributed by atoms with Crippen LogP contribution in [0.5, 0.6) is 0 Å². The molecule has 0 saturated carbocycles. The van der Waals surface area contributed by atoms with E-state index in [-0.39, 0.29) is 12.5 Å².